The van der Waals surface area contributed by atoms with Crippen LogP contribution in [0.25, 0.3) is 0 Å². The van der Waals surface area contributed by atoms with Crippen molar-refractivity contribution in [2.24, 2.45) is 10.7 Å². The van der Waals surface area contributed by atoms with Crippen LogP contribution in [0.1, 0.15) is 18.1 Å². The highest BCUT2D eigenvalue weighted by Gasteiger charge is 2.00. The minimum absolute atomic E-state index is 0. The van der Waals surface area contributed by atoms with Gasteiger partial charge in [-0.05, 0) is 41.8 Å². The second-order valence-electron chi connectivity index (χ2n) is 5.29. The van der Waals surface area contributed by atoms with Crippen LogP contribution in [0.3, 0.4) is 0 Å². The molecule has 2 rings (SSSR count). The van der Waals surface area contributed by atoms with Gasteiger partial charge in [0.25, 0.3) is 0 Å². The number of guanidine groups is 1. The number of aryl methyl sites for hydroxylation is 1. The maximum absolute atomic E-state index is 5.93. The van der Waals surface area contributed by atoms with Crippen molar-refractivity contribution in [3.05, 3.63) is 53.7 Å². The highest BCUT2D eigenvalue weighted by atomic mass is 127. The first-order chi connectivity index (χ1) is 10.6. The van der Waals surface area contributed by atoms with Crippen LogP contribution >= 0.6 is 24.0 Å². The van der Waals surface area contributed by atoms with E-state index in [4.69, 9.17) is 5.73 Å². The third-order valence-electron chi connectivity index (χ3n) is 3.33. The average Bonchev–Trinajstić information content (AvgIpc) is 2.54. The number of anilines is 2. The van der Waals surface area contributed by atoms with Crippen molar-refractivity contribution < 1.29 is 0 Å². The molecule has 6 heteroatoms. The molecule has 1 aromatic heterocycles. The van der Waals surface area contributed by atoms with E-state index in [1.54, 1.807) is 6.20 Å². The lowest BCUT2D eigenvalue weighted by atomic mass is 10.1. The van der Waals surface area contributed by atoms with Gasteiger partial charge in [-0.25, -0.2) is 9.98 Å². The number of nitrogens with one attached hydrogen (secondary N) is 1. The molecular weight excluding hydrogens is 401 g/mol. The molecule has 0 aliphatic heterocycles. The van der Waals surface area contributed by atoms with Gasteiger partial charge in [0, 0.05) is 26.0 Å². The van der Waals surface area contributed by atoms with Crippen LogP contribution in [-0.4, -0.2) is 25.0 Å². The van der Waals surface area contributed by atoms with Gasteiger partial charge in [-0.1, -0.05) is 19.1 Å². The summed E-state index contributed by atoms with van der Waals surface area (Å²) in [5.74, 6) is 1.32. The molecule has 2 aromatic rings. The molecule has 0 saturated carbocycles. The number of benzene rings is 1. The summed E-state index contributed by atoms with van der Waals surface area (Å²) in [4.78, 5) is 10.6. The Morgan fingerprint density at radius 1 is 1.17 bits per heavy atom. The van der Waals surface area contributed by atoms with Gasteiger partial charge in [-0.15, -0.1) is 24.0 Å². The molecule has 0 fully saturated rings. The summed E-state index contributed by atoms with van der Waals surface area (Å²) in [6.45, 7) is 2.66. The lowest BCUT2D eigenvalue weighted by Crippen LogP contribution is -2.22. The zero-order valence-electron chi connectivity index (χ0n) is 13.8. The summed E-state index contributed by atoms with van der Waals surface area (Å²) in [6, 6.07) is 12.1. The summed E-state index contributed by atoms with van der Waals surface area (Å²) < 4.78 is 0. The van der Waals surface area contributed by atoms with E-state index in [1.807, 2.05) is 43.3 Å². The molecule has 5 nitrogen and oxygen atoms in total. The van der Waals surface area contributed by atoms with Crippen molar-refractivity contribution in [2.75, 3.05) is 24.3 Å². The third kappa shape index (κ3) is 6.05. The maximum Gasteiger partial charge on any atom is 0.193 e. The van der Waals surface area contributed by atoms with Crippen molar-refractivity contribution in [3.63, 3.8) is 0 Å². The Labute approximate surface area is 155 Å². The minimum atomic E-state index is 0. The Hall–Kier alpha value is -1.83. The average molecular weight is 425 g/mol. The van der Waals surface area contributed by atoms with Gasteiger partial charge in [0.15, 0.2) is 5.96 Å². The number of pyridine rings is 1. The normalized spacial score (nSPS) is 10.8. The molecule has 0 amide bonds. The molecule has 3 N–H and O–H groups in total. The molecule has 0 spiro atoms. The number of nitrogens with zero attached hydrogens (tertiary/aromatic N) is 3. The number of nitrogens with two attached hydrogens (primary N) is 1. The maximum atomic E-state index is 5.93. The predicted octanol–water partition coefficient (Wildman–Crippen LogP) is 3.25. The molecule has 0 aliphatic rings. The van der Waals surface area contributed by atoms with Gasteiger partial charge in [0.2, 0.25) is 0 Å². The molecule has 0 radical (unpaired) electrons. The van der Waals surface area contributed by atoms with E-state index < -0.39 is 0 Å². The van der Waals surface area contributed by atoms with Crippen LogP contribution in [0, 0.1) is 0 Å². The zero-order valence-corrected chi connectivity index (χ0v) is 16.1. The Balaban J connectivity index is 0.00000264. The summed E-state index contributed by atoms with van der Waals surface area (Å²) in [7, 11) is 3.93. The zero-order chi connectivity index (χ0) is 15.9. The molecule has 1 heterocycles. The van der Waals surface area contributed by atoms with Crippen LogP contribution in [0.5, 0.6) is 0 Å². The van der Waals surface area contributed by atoms with Gasteiger partial charge in [0.1, 0.15) is 5.82 Å². The Morgan fingerprint density at radius 2 is 1.87 bits per heavy atom. The monoisotopic (exact) mass is 425 g/mol. The Morgan fingerprint density at radius 3 is 2.48 bits per heavy atom. The van der Waals surface area contributed by atoms with Crippen molar-refractivity contribution in [2.45, 2.75) is 19.9 Å². The smallest absolute Gasteiger partial charge is 0.193 e. The molecule has 124 valence electrons. The second-order valence-corrected chi connectivity index (χ2v) is 5.29. The number of aliphatic imine (C=N–C) groups is 1. The molecule has 1 aromatic carbocycles. The fraction of sp³-hybridized carbons (Fsp3) is 0.294. The molecule has 23 heavy (non-hydrogen) atoms. The fourth-order valence-electron chi connectivity index (χ4n) is 1.99. The number of hydrogen-bond donors (Lipinski definition) is 2. The van der Waals surface area contributed by atoms with Crippen LogP contribution < -0.4 is 16.0 Å². The SMILES string of the molecule is CCc1ccc(NC(N)=NCc2ccnc(N(C)C)c2)cc1.I. The van der Waals surface area contributed by atoms with Crippen molar-refractivity contribution in [1.82, 2.24) is 4.98 Å². The fourth-order valence-corrected chi connectivity index (χ4v) is 1.99. The summed E-state index contributed by atoms with van der Waals surface area (Å²) in [5, 5.41) is 3.10. The molecule has 0 aliphatic carbocycles. The van der Waals surface area contributed by atoms with Crippen LogP contribution in [-0.2, 0) is 13.0 Å². The third-order valence-corrected chi connectivity index (χ3v) is 3.33. The van der Waals surface area contributed by atoms with Crippen molar-refractivity contribution in [1.29, 1.82) is 0 Å². The summed E-state index contributed by atoms with van der Waals surface area (Å²) in [6.07, 6.45) is 2.81. The molecule has 0 bridgehead atoms. The highest BCUT2D eigenvalue weighted by molar-refractivity contribution is 14.0. The largest absolute Gasteiger partial charge is 0.370 e. The predicted molar refractivity (Wildman–Crippen MR) is 109 cm³/mol. The van der Waals surface area contributed by atoms with Gasteiger partial charge < -0.3 is 16.0 Å². The first-order valence-corrected chi connectivity index (χ1v) is 7.36. The summed E-state index contributed by atoms with van der Waals surface area (Å²) in [5.41, 5.74) is 9.26. The van der Waals surface area contributed by atoms with E-state index in [0.717, 1.165) is 23.5 Å². The van der Waals surface area contributed by atoms with E-state index in [2.05, 4.69) is 34.3 Å². The van der Waals surface area contributed by atoms with E-state index in [1.165, 1.54) is 5.56 Å². The topological polar surface area (TPSA) is 66.5 Å². The Kier molecular flexibility index (Phi) is 7.80. The second kappa shape index (κ2) is 9.34. The molecule has 0 unspecified atom stereocenters. The van der Waals surface area contributed by atoms with Gasteiger partial charge in [-0.2, -0.15) is 0 Å². The minimum Gasteiger partial charge on any atom is -0.370 e. The Bertz CT molecular complexity index is 638. The van der Waals surface area contributed by atoms with Crippen LogP contribution in [0.4, 0.5) is 11.5 Å². The van der Waals surface area contributed by atoms with E-state index in [9.17, 15) is 0 Å². The number of rotatable bonds is 5. The van der Waals surface area contributed by atoms with E-state index >= 15 is 0 Å². The van der Waals surface area contributed by atoms with Crippen LogP contribution in [0.15, 0.2) is 47.6 Å². The van der Waals surface area contributed by atoms with Crippen molar-refractivity contribution >= 4 is 41.4 Å². The first-order valence-electron chi connectivity index (χ1n) is 7.36. The lowest BCUT2D eigenvalue weighted by molar-refractivity contribution is 1.02. The number of aromatic nitrogens is 1. The van der Waals surface area contributed by atoms with E-state index in [-0.39, 0.29) is 24.0 Å². The highest BCUT2D eigenvalue weighted by Crippen LogP contribution is 2.11. The van der Waals surface area contributed by atoms with Gasteiger partial charge >= 0.3 is 0 Å². The number of hydrogen-bond acceptors (Lipinski definition) is 3. The van der Waals surface area contributed by atoms with Crippen LogP contribution in [0.2, 0.25) is 0 Å². The first kappa shape index (κ1) is 19.2. The molecule has 0 atom stereocenters. The lowest BCUT2D eigenvalue weighted by Gasteiger charge is -2.11. The standard InChI is InChI=1S/C17H23N5.HI/c1-4-13-5-7-15(8-6-13)21-17(18)20-12-14-9-10-19-16(11-14)22(2)3;/h5-11H,4,12H2,1-3H3,(H3,18,20,21);1H. The quantitative estimate of drug-likeness (QED) is 0.439. The van der Waals surface area contributed by atoms with E-state index in [0.29, 0.717) is 12.5 Å². The van der Waals surface area contributed by atoms with Crippen molar-refractivity contribution in [3.8, 4) is 0 Å². The van der Waals surface area contributed by atoms with Gasteiger partial charge in [0.05, 0.1) is 6.54 Å². The molecular formula is C17H24IN5. The number of halogens is 1. The molecule has 0 saturated heterocycles. The summed E-state index contributed by atoms with van der Waals surface area (Å²) >= 11 is 0. The van der Waals surface area contributed by atoms with Gasteiger partial charge in [-0.3, -0.25) is 0 Å².